The predicted octanol–water partition coefficient (Wildman–Crippen LogP) is 3.07. The van der Waals surface area contributed by atoms with E-state index in [1.165, 1.54) is 0 Å². The van der Waals surface area contributed by atoms with Gasteiger partial charge in [-0.25, -0.2) is 0 Å². The van der Waals surface area contributed by atoms with E-state index < -0.39 is 11.7 Å². The number of carbonyl (C=O) groups excluding carboxylic acids is 3. The minimum atomic E-state index is -0.533. The van der Waals surface area contributed by atoms with Gasteiger partial charge in [-0.2, -0.15) is 0 Å². The number of amides is 2. The van der Waals surface area contributed by atoms with Crippen molar-refractivity contribution in [3.63, 3.8) is 0 Å². The molecule has 0 N–H and O–H groups in total. The van der Waals surface area contributed by atoms with Gasteiger partial charge in [0, 0.05) is 55.5 Å². The van der Waals surface area contributed by atoms with Crippen LogP contribution in [-0.4, -0.2) is 67.2 Å². The minimum absolute atomic E-state index is 0.0568. The van der Waals surface area contributed by atoms with E-state index in [0.29, 0.717) is 36.4 Å². The number of hydrogen-bond acceptors (Lipinski definition) is 4. The summed E-state index contributed by atoms with van der Waals surface area (Å²) in [5.74, 6) is -1.12. The molecule has 29 heavy (non-hydrogen) atoms. The van der Waals surface area contributed by atoms with Gasteiger partial charge in [0.05, 0.1) is 5.56 Å². The molecule has 1 atom stereocenters. The Labute approximate surface area is 179 Å². The zero-order valence-electron chi connectivity index (χ0n) is 16.8. The third-order valence-electron chi connectivity index (χ3n) is 5.08. The quantitative estimate of drug-likeness (QED) is 0.522. The highest BCUT2D eigenvalue weighted by Gasteiger charge is 2.34. The molecule has 152 valence electrons. The third kappa shape index (κ3) is 4.50. The summed E-state index contributed by atoms with van der Waals surface area (Å²) < 4.78 is 0.839. The minimum Gasteiger partial charge on any atom is -0.377 e. The van der Waals surface area contributed by atoms with Gasteiger partial charge in [-0.05, 0) is 37.3 Å². The van der Waals surface area contributed by atoms with Crippen molar-refractivity contribution in [3.05, 3.63) is 64.1 Å². The number of hydrogen-bond donors (Lipinski definition) is 0. The molecule has 2 aromatic rings. The van der Waals surface area contributed by atoms with E-state index >= 15 is 0 Å². The first-order valence-electron chi connectivity index (χ1n) is 9.46. The molecule has 1 fully saturated rings. The molecule has 2 amide bonds. The van der Waals surface area contributed by atoms with Crippen LogP contribution in [-0.2, 0) is 4.79 Å². The first-order valence-corrected chi connectivity index (χ1v) is 10.3. The number of piperazine rings is 1. The number of nitrogens with zero attached hydrogens (tertiary/aromatic N) is 3. The molecule has 2 aromatic carbocycles. The van der Waals surface area contributed by atoms with Gasteiger partial charge in [-0.15, -0.1) is 0 Å². The SMILES string of the molecule is CC1CN(C(=O)c2ccccc2)CCN1C(=O)C(=O)c1ccc(Br)cc1N(C)C. The summed E-state index contributed by atoms with van der Waals surface area (Å²) in [7, 11) is 3.67. The third-order valence-corrected chi connectivity index (χ3v) is 5.57. The standard InChI is InChI=1S/C22H24BrN3O3/c1-15-14-25(21(28)16-7-5-4-6-8-16)11-12-26(15)22(29)20(27)18-10-9-17(23)13-19(18)24(2)3/h4-10,13,15H,11-12,14H2,1-3H3. The average molecular weight is 458 g/mol. The smallest absolute Gasteiger partial charge is 0.295 e. The molecule has 0 aliphatic carbocycles. The highest BCUT2D eigenvalue weighted by Crippen LogP contribution is 2.25. The Balaban J connectivity index is 1.73. The van der Waals surface area contributed by atoms with Crippen LogP contribution in [0.2, 0.25) is 0 Å². The second kappa shape index (κ2) is 8.78. The fraction of sp³-hybridized carbons (Fsp3) is 0.318. The number of rotatable bonds is 4. The maximum absolute atomic E-state index is 13.0. The molecule has 0 radical (unpaired) electrons. The van der Waals surface area contributed by atoms with Crippen molar-refractivity contribution in [1.82, 2.24) is 9.80 Å². The average Bonchev–Trinajstić information content (AvgIpc) is 2.72. The second-order valence-corrected chi connectivity index (χ2v) is 8.27. The molecule has 7 heteroatoms. The van der Waals surface area contributed by atoms with Gasteiger partial charge >= 0.3 is 0 Å². The summed E-state index contributed by atoms with van der Waals surface area (Å²) >= 11 is 3.41. The Morgan fingerprint density at radius 2 is 1.72 bits per heavy atom. The summed E-state index contributed by atoms with van der Waals surface area (Å²) in [5.41, 5.74) is 1.68. The van der Waals surface area contributed by atoms with Crippen molar-refractivity contribution < 1.29 is 14.4 Å². The van der Waals surface area contributed by atoms with Crippen LogP contribution in [0.25, 0.3) is 0 Å². The van der Waals surface area contributed by atoms with E-state index in [0.717, 1.165) is 4.47 Å². The Morgan fingerprint density at radius 3 is 2.34 bits per heavy atom. The van der Waals surface area contributed by atoms with Crippen molar-refractivity contribution in [2.45, 2.75) is 13.0 Å². The van der Waals surface area contributed by atoms with Crippen LogP contribution < -0.4 is 4.90 Å². The molecule has 6 nitrogen and oxygen atoms in total. The van der Waals surface area contributed by atoms with Crippen LogP contribution in [0.4, 0.5) is 5.69 Å². The lowest BCUT2D eigenvalue weighted by molar-refractivity contribution is -0.130. The maximum Gasteiger partial charge on any atom is 0.295 e. The lowest BCUT2D eigenvalue weighted by atomic mass is 10.0. The van der Waals surface area contributed by atoms with E-state index in [1.54, 1.807) is 34.1 Å². The van der Waals surface area contributed by atoms with Crippen LogP contribution in [0.5, 0.6) is 0 Å². The van der Waals surface area contributed by atoms with Gasteiger partial charge in [-0.1, -0.05) is 34.1 Å². The van der Waals surface area contributed by atoms with Gasteiger partial charge < -0.3 is 14.7 Å². The summed E-state index contributed by atoms with van der Waals surface area (Å²) in [6, 6.07) is 14.1. The van der Waals surface area contributed by atoms with Crippen LogP contribution in [0.15, 0.2) is 53.0 Å². The predicted molar refractivity (Wildman–Crippen MR) is 116 cm³/mol. The maximum atomic E-state index is 13.0. The summed E-state index contributed by atoms with van der Waals surface area (Å²) in [4.78, 5) is 43.7. The first kappa shape index (κ1) is 21.0. The molecule has 0 aromatic heterocycles. The highest BCUT2D eigenvalue weighted by molar-refractivity contribution is 9.10. The molecule has 1 aliphatic heterocycles. The number of benzene rings is 2. The van der Waals surface area contributed by atoms with Gasteiger partial charge in [0.15, 0.2) is 0 Å². The van der Waals surface area contributed by atoms with Gasteiger partial charge in [-0.3, -0.25) is 14.4 Å². The molecular formula is C22H24BrN3O3. The summed E-state index contributed by atoms with van der Waals surface area (Å²) in [5, 5.41) is 0. The summed E-state index contributed by atoms with van der Waals surface area (Å²) in [6.07, 6.45) is 0. The molecule has 1 saturated heterocycles. The molecule has 1 heterocycles. The Kier molecular flexibility index (Phi) is 6.37. The van der Waals surface area contributed by atoms with Gasteiger partial charge in [0.1, 0.15) is 0 Å². The summed E-state index contributed by atoms with van der Waals surface area (Å²) in [6.45, 7) is 2.99. The zero-order chi connectivity index (χ0) is 21.1. The van der Waals surface area contributed by atoms with Crippen molar-refractivity contribution in [2.75, 3.05) is 38.6 Å². The van der Waals surface area contributed by atoms with Crippen molar-refractivity contribution >= 4 is 39.2 Å². The molecule has 3 rings (SSSR count). The fourth-order valence-corrected chi connectivity index (χ4v) is 3.87. The molecule has 0 bridgehead atoms. The molecule has 0 saturated carbocycles. The number of ketones is 1. The van der Waals surface area contributed by atoms with Crippen LogP contribution in [0.1, 0.15) is 27.6 Å². The lowest BCUT2D eigenvalue weighted by Crippen LogP contribution is -2.56. The monoisotopic (exact) mass is 457 g/mol. The molecular weight excluding hydrogens is 434 g/mol. The second-order valence-electron chi connectivity index (χ2n) is 7.35. The van der Waals surface area contributed by atoms with Gasteiger partial charge in [0.25, 0.3) is 17.6 Å². The molecule has 1 aliphatic rings. The van der Waals surface area contributed by atoms with E-state index in [4.69, 9.17) is 0 Å². The Morgan fingerprint density at radius 1 is 1.03 bits per heavy atom. The number of halogens is 1. The lowest BCUT2D eigenvalue weighted by Gasteiger charge is -2.39. The Hall–Kier alpha value is -2.67. The molecule has 1 unspecified atom stereocenters. The Bertz CT molecular complexity index is 930. The number of Topliss-reactive ketones (excluding diaryl/α,β-unsaturated/α-hetero) is 1. The van der Waals surface area contributed by atoms with Crippen LogP contribution in [0, 0.1) is 0 Å². The topological polar surface area (TPSA) is 60.9 Å². The number of anilines is 1. The first-order chi connectivity index (χ1) is 13.8. The van der Waals surface area contributed by atoms with E-state index in [2.05, 4.69) is 15.9 Å². The number of carbonyl (C=O) groups is 3. The highest BCUT2D eigenvalue weighted by atomic mass is 79.9. The molecule has 0 spiro atoms. The zero-order valence-corrected chi connectivity index (χ0v) is 18.3. The van der Waals surface area contributed by atoms with Crippen molar-refractivity contribution in [3.8, 4) is 0 Å². The van der Waals surface area contributed by atoms with Crippen LogP contribution >= 0.6 is 15.9 Å². The van der Waals surface area contributed by atoms with E-state index in [-0.39, 0.29) is 11.9 Å². The normalized spacial score (nSPS) is 16.5. The van der Waals surface area contributed by atoms with Crippen molar-refractivity contribution in [1.29, 1.82) is 0 Å². The largest absolute Gasteiger partial charge is 0.377 e. The van der Waals surface area contributed by atoms with Gasteiger partial charge in [0.2, 0.25) is 0 Å². The van der Waals surface area contributed by atoms with E-state index in [9.17, 15) is 14.4 Å². The van der Waals surface area contributed by atoms with Crippen LogP contribution in [0.3, 0.4) is 0 Å². The fourth-order valence-electron chi connectivity index (χ4n) is 3.52. The van der Waals surface area contributed by atoms with Crippen molar-refractivity contribution in [2.24, 2.45) is 0 Å². The van der Waals surface area contributed by atoms with E-state index in [1.807, 2.05) is 50.2 Å².